The second kappa shape index (κ2) is 9.48. The average molecular weight is 422 g/mol. The first kappa shape index (κ1) is 21.6. The highest BCUT2D eigenvalue weighted by Gasteiger charge is 2.14. The predicted molar refractivity (Wildman–Crippen MR) is 113 cm³/mol. The van der Waals surface area contributed by atoms with E-state index in [1.54, 1.807) is 0 Å². The van der Waals surface area contributed by atoms with E-state index in [-0.39, 0.29) is 22.4 Å². The van der Waals surface area contributed by atoms with Gasteiger partial charge in [0, 0.05) is 11.8 Å². The number of hydrogen-bond acceptors (Lipinski definition) is 5. The summed E-state index contributed by atoms with van der Waals surface area (Å²) in [6, 6.07) is 9.80. The summed E-state index contributed by atoms with van der Waals surface area (Å²) in [6.45, 7) is 5.99. The van der Waals surface area contributed by atoms with Crippen LogP contribution in [0.25, 0.3) is 0 Å². The number of carbonyl (C=O) groups excluding carboxylic acids is 1. The summed E-state index contributed by atoms with van der Waals surface area (Å²) in [6.07, 6.45) is 0. The van der Waals surface area contributed by atoms with E-state index in [4.69, 9.17) is 28.6 Å². The Kier molecular flexibility index (Phi) is 7.31. The van der Waals surface area contributed by atoms with Crippen molar-refractivity contribution in [3.05, 3.63) is 62.7 Å². The highest BCUT2D eigenvalue weighted by atomic mass is 35.5. The number of thiocarbonyl (C=S) groups is 1. The third-order valence-corrected chi connectivity index (χ3v) is 4.41. The zero-order valence-corrected chi connectivity index (χ0v) is 17.2. The Hall–Kier alpha value is -2.71. The molecule has 0 fully saturated rings. The number of carbonyl (C=O) groups is 1. The number of nitrogens with one attached hydrogen (secondary N) is 2. The fourth-order valence-electron chi connectivity index (χ4n) is 2.59. The molecule has 0 bridgehead atoms. The number of nitro groups is 1. The maximum Gasteiger partial charge on any atom is 0.289 e. The van der Waals surface area contributed by atoms with Gasteiger partial charge in [0.1, 0.15) is 10.8 Å². The molecule has 7 nitrogen and oxygen atoms in total. The second-order valence-electron chi connectivity index (χ2n) is 6.39. The molecule has 9 heteroatoms. The van der Waals surface area contributed by atoms with Crippen molar-refractivity contribution in [3.63, 3.8) is 0 Å². The Bertz CT molecular complexity index is 918. The van der Waals surface area contributed by atoms with Gasteiger partial charge in [-0.3, -0.25) is 20.2 Å². The van der Waals surface area contributed by atoms with Gasteiger partial charge in [0.2, 0.25) is 0 Å². The number of hydrogen-bond donors (Lipinski definition) is 2. The molecule has 2 aromatic carbocycles. The van der Waals surface area contributed by atoms with E-state index in [2.05, 4.69) is 24.5 Å². The summed E-state index contributed by atoms with van der Waals surface area (Å²) >= 11 is 10.8. The van der Waals surface area contributed by atoms with Crippen LogP contribution in [0.5, 0.6) is 5.75 Å². The summed E-state index contributed by atoms with van der Waals surface area (Å²) in [5.41, 5.74) is 2.39. The number of ether oxygens (including phenoxy) is 1. The molecule has 0 aliphatic carbocycles. The second-order valence-corrected chi connectivity index (χ2v) is 7.20. The van der Waals surface area contributed by atoms with Gasteiger partial charge in [0.05, 0.1) is 4.92 Å². The molecule has 2 N–H and O–H groups in total. The van der Waals surface area contributed by atoms with Gasteiger partial charge in [-0.15, -0.1) is 0 Å². The van der Waals surface area contributed by atoms with E-state index in [0.717, 1.165) is 5.56 Å². The molecular weight excluding hydrogens is 402 g/mol. The monoisotopic (exact) mass is 421 g/mol. The quantitative estimate of drug-likeness (QED) is 0.403. The molecule has 0 unspecified atom stereocenters. The van der Waals surface area contributed by atoms with E-state index in [0.29, 0.717) is 17.4 Å². The molecule has 0 aliphatic rings. The number of anilines is 1. The van der Waals surface area contributed by atoms with Gasteiger partial charge in [0.15, 0.2) is 11.7 Å². The molecule has 0 saturated carbocycles. The number of aryl methyl sites for hydroxylation is 1. The van der Waals surface area contributed by atoms with Gasteiger partial charge in [-0.1, -0.05) is 31.5 Å². The molecule has 0 atom stereocenters. The van der Waals surface area contributed by atoms with E-state index in [9.17, 15) is 14.9 Å². The molecule has 148 valence electrons. The third kappa shape index (κ3) is 5.90. The number of nitrogens with zero attached hydrogens (tertiary/aromatic N) is 1. The molecule has 2 aromatic rings. The lowest BCUT2D eigenvalue weighted by Gasteiger charge is -2.13. The van der Waals surface area contributed by atoms with Crippen molar-refractivity contribution in [2.75, 3.05) is 11.9 Å². The predicted octanol–water partition coefficient (Wildman–Crippen LogP) is 4.57. The Morgan fingerprint density at radius 3 is 2.61 bits per heavy atom. The molecule has 1 amide bonds. The van der Waals surface area contributed by atoms with Gasteiger partial charge in [-0.25, -0.2) is 0 Å². The maximum absolute atomic E-state index is 12.0. The number of halogens is 1. The van der Waals surface area contributed by atoms with Crippen LogP contribution in [0.1, 0.15) is 30.9 Å². The lowest BCUT2D eigenvalue weighted by Crippen LogP contribution is -2.37. The average Bonchev–Trinajstić information content (AvgIpc) is 2.61. The van der Waals surface area contributed by atoms with Crippen molar-refractivity contribution < 1.29 is 14.5 Å². The smallest absolute Gasteiger partial charge is 0.289 e. The molecular formula is C19H20ClN3O4S. The highest BCUT2D eigenvalue weighted by Crippen LogP contribution is 2.27. The fourth-order valence-corrected chi connectivity index (χ4v) is 3.01. The van der Waals surface area contributed by atoms with Crippen LogP contribution < -0.4 is 15.4 Å². The molecule has 28 heavy (non-hydrogen) atoms. The van der Waals surface area contributed by atoms with E-state index >= 15 is 0 Å². The minimum absolute atomic E-state index is 0.00319. The third-order valence-electron chi connectivity index (χ3n) is 3.89. The number of rotatable bonds is 6. The molecule has 0 aliphatic heterocycles. The first-order valence-electron chi connectivity index (χ1n) is 8.45. The van der Waals surface area contributed by atoms with E-state index in [1.165, 1.54) is 23.8 Å². The zero-order valence-electron chi connectivity index (χ0n) is 15.6. The van der Waals surface area contributed by atoms with E-state index in [1.807, 2.05) is 25.1 Å². The van der Waals surface area contributed by atoms with Crippen LogP contribution in [-0.2, 0) is 4.79 Å². The summed E-state index contributed by atoms with van der Waals surface area (Å²) in [5, 5.41) is 16.1. The van der Waals surface area contributed by atoms with Gasteiger partial charge in [-0.05, 0) is 60.5 Å². The Morgan fingerprint density at radius 2 is 2.00 bits per heavy atom. The molecule has 0 radical (unpaired) electrons. The normalized spacial score (nSPS) is 10.5. The van der Waals surface area contributed by atoms with Crippen LogP contribution >= 0.6 is 23.8 Å². The Labute approximate surface area is 173 Å². The molecule has 0 spiro atoms. The topological polar surface area (TPSA) is 93.5 Å². The van der Waals surface area contributed by atoms with Crippen molar-refractivity contribution in [3.8, 4) is 5.75 Å². The standard InChI is InChI=1S/C19H20ClN3O4S/c1-11(2)15-6-5-14(8-12(15)3)27-10-18(24)22-19(28)21-13-4-7-16(20)17(9-13)23(25)26/h4-9,11H,10H2,1-3H3,(H2,21,22,24,28). The van der Waals surface area contributed by atoms with Crippen molar-refractivity contribution in [2.45, 2.75) is 26.7 Å². The Balaban J connectivity index is 1.89. The van der Waals surface area contributed by atoms with Crippen LogP contribution in [-0.4, -0.2) is 22.5 Å². The molecule has 2 rings (SSSR count). The van der Waals surface area contributed by atoms with Gasteiger partial charge in [0.25, 0.3) is 11.6 Å². The highest BCUT2D eigenvalue weighted by molar-refractivity contribution is 7.80. The summed E-state index contributed by atoms with van der Waals surface area (Å²) in [4.78, 5) is 22.3. The number of amides is 1. The summed E-state index contributed by atoms with van der Waals surface area (Å²) in [7, 11) is 0. The molecule has 0 heterocycles. The minimum atomic E-state index is -0.602. The summed E-state index contributed by atoms with van der Waals surface area (Å²) in [5.74, 6) is 0.542. The van der Waals surface area contributed by atoms with Crippen molar-refractivity contribution in [1.82, 2.24) is 5.32 Å². The minimum Gasteiger partial charge on any atom is -0.484 e. The maximum atomic E-state index is 12.0. The number of benzene rings is 2. The van der Waals surface area contributed by atoms with Crippen LogP contribution in [0.2, 0.25) is 5.02 Å². The lowest BCUT2D eigenvalue weighted by atomic mass is 9.98. The van der Waals surface area contributed by atoms with Gasteiger partial charge in [-0.2, -0.15) is 0 Å². The molecule has 0 saturated heterocycles. The fraction of sp³-hybridized carbons (Fsp3) is 0.263. The SMILES string of the molecule is Cc1cc(OCC(=O)NC(=S)Nc2ccc(Cl)c([N+](=O)[O-])c2)ccc1C(C)C. The van der Waals surface area contributed by atoms with Gasteiger partial charge >= 0.3 is 0 Å². The molecule has 0 aromatic heterocycles. The van der Waals surface area contributed by atoms with Crippen LogP contribution in [0.3, 0.4) is 0 Å². The van der Waals surface area contributed by atoms with Crippen LogP contribution in [0.15, 0.2) is 36.4 Å². The first-order valence-corrected chi connectivity index (χ1v) is 9.24. The van der Waals surface area contributed by atoms with Crippen molar-refractivity contribution >= 4 is 46.2 Å². The van der Waals surface area contributed by atoms with Crippen molar-refractivity contribution in [1.29, 1.82) is 0 Å². The van der Waals surface area contributed by atoms with Crippen molar-refractivity contribution in [2.24, 2.45) is 0 Å². The zero-order chi connectivity index (χ0) is 20.8. The lowest BCUT2D eigenvalue weighted by molar-refractivity contribution is -0.384. The summed E-state index contributed by atoms with van der Waals surface area (Å²) < 4.78 is 5.49. The first-order chi connectivity index (χ1) is 13.2. The largest absolute Gasteiger partial charge is 0.484 e. The number of nitro benzene ring substituents is 1. The Morgan fingerprint density at radius 1 is 1.29 bits per heavy atom. The van der Waals surface area contributed by atoms with Gasteiger partial charge < -0.3 is 10.1 Å². The van der Waals surface area contributed by atoms with Crippen LogP contribution in [0.4, 0.5) is 11.4 Å². The van der Waals surface area contributed by atoms with E-state index < -0.39 is 10.8 Å². The van der Waals surface area contributed by atoms with Crippen LogP contribution in [0, 0.1) is 17.0 Å².